The first kappa shape index (κ1) is 14.0. The second-order valence-electron chi connectivity index (χ2n) is 5.18. The molecule has 0 N–H and O–H groups in total. The van der Waals surface area contributed by atoms with Crippen molar-refractivity contribution in [3.63, 3.8) is 0 Å². The third kappa shape index (κ3) is 3.04. The van der Waals surface area contributed by atoms with Crippen LogP contribution in [0.3, 0.4) is 0 Å². The molecule has 4 heteroatoms. The first-order chi connectivity index (χ1) is 9.74. The van der Waals surface area contributed by atoms with Crippen molar-refractivity contribution in [2.24, 2.45) is 0 Å². The van der Waals surface area contributed by atoms with Crippen LogP contribution in [0.1, 0.15) is 41.9 Å². The van der Waals surface area contributed by atoms with E-state index in [1.54, 1.807) is 0 Å². The van der Waals surface area contributed by atoms with E-state index in [2.05, 4.69) is 27.0 Å². The fraction of sp³-hybridized carbons (Fsp3) is 0.375. The van der Waals surface area contributed by atoms with Gasteiger partial charge in [0, 0.05) is 22.2 Å². The van der Waals surface area contributed by atoms with Gasteiger partial charge in [-0.3, -0.25) is 0 Å². The van der Waals surface area contributed by atoms with E-state index in [-0.39, 0.29) is 0 Å². The summed E-state index contributed by atoms with van der Waals surface area (Å²) in [4.78, 5) is 9.25. The van der Waals surface area contributed by atoms with Gasteiger partial charge in [0.1, 0.15) is 11.0 Å². The molecule has 104 valence electrons. The summed E-state index contributed by atoms with van der Waals surface area (Å²) >= 11 is 9.93. The summed E-state index contributed by atoms with van der Waals surface area (Å²) in [6.07, 6.45) is 6.42. The number of halogens is 2. The van der Waals surface area contributed by atoms with E-state index in [0.29, 0.717) is 11.6 Å². The topological polar surface area (TPSA) is 25.8 Å². The van der Waals surface area contributed by atoms with Gasteiger partial charge >= 0.3 is 0 Å². The number of benzene rings is 1. The fourth-order valence-corrected chi connectivity index (χ4v) is 3.39. The molecule has 0 fully saturated rings. The lowest BCUT2D eigenvalue weighted by atomic mass is 10.1. The van der Waals surface area contributed by atoms with Gasteiger partial charge in [0.2, 0.25) is 0 Å². The number of hydrogen-bond donors (Lipinski definition) is 0. The molecule has 2 nitrogen and oxygen atoms in total. The monoisotopic (exact) mass is 350 g/mol. The van der Waals surface area contributed by atoms with Crippen LogP contribution < -0.4 is 0 Å². The maximum atomic E-state index is 6.36. The van der Waals surface area contributed by atoms with Crippen molar-refractivity contribution < 1.29 is 0 Å². The molecule has 20 heavy (non-hydrogen) atoms. The number of rotatable bonds is 2. The van der Waals surface area contributed by atoms with Crippen molar-refractivity contribution in [2.75, 3.05) is 0 Å². The van der Waals surface area contributed by atoms with Crippen LogP contribution in [0.15, 0.2) is 28.7 Å². The van der Waals surface area contributed by atoms with Crippen LogP contribution in [0.4, 0.5) is 0 Å². The van der Waals surface area contributed by atoms with Crippen LogP contribution in [0.25, 0.3) is 0 Å². The molecule has 0 saturated carbocycles. The van der Waals surface area contributed by atoms with E-state index in [9.17, 15) is 0 Å². The van der Waals surface area contributed by atoms with E-state index < -0.39 is 0 Å². The summed E-state index contributed by atoms with van der Waals surface area (Å²) in [7, 11) is 0. The molecule has 0 spiro atoms. The van der Waals surface area contributed by atoms with Crippen LogP contribution >= 0.6 is 27.5 Å². The average molecular weight is 352 g/mol. The first-order valence-corrected chi connectivity index (χ1v) is 8.18. The van der Waals surface area contributed by atoms with Gasteiger partial charge in [-0.05, 0) is 37.3 Å². The van der Waals surface area contributed by atoms with E-state index in [1.165, 1.54) is 30.4 Å². The summed E-state index contributed by atoms with van der Waals surface area (Å²) in [5.41, 5.74) is 3.52. The predicted octanol–water partition coefficient (Wildman–Crippen LogP) is 4.75. The number of fused-ring (bicyclic) bond motifs is 1. The third-order valence-corrected chi connectivity index (χ3v) is 4.82. The molecule has 0 atom stereocenters. The smallest absolute Gasteiger partial charge is 0.136 e. The lowest BCUT2D eigenvalue weighted by Crippen LogP contribution is -2.05. The normalized spacial score (nSPS) is 14.7. The second kappa shape index (κ2) is 6.23. The molecule has 1 aromatic heterocycles. The summed E-state index contributed by atoms with van der Waals surface area (Å²) in [6, 6.07) is 8.18. The molecule has 2 aromatic rings. The summed E-state index contributed by atoms with van der Waals surface area (Å²) < 4.78 is 1.09. The Morgan fingerprint density at radius 2 is 1.85 bits per heavy atom. The maximum Gasteiger partial charge on any atom is 0.136 e. The summed E-state index contributed by atoms with van der Waals surface area (Å²) in [6.45, 7) is 0. The van der Waals surface area contributed by atoms with Gasteiger partial charge in [0.25, 0.3) is 0 Å². The Kier molecular flexibility index (Phi) is 4.37. The van der Waals surface area contributed by atoms with Crippen molar-refractivity contribution in [2.45, 2.75) is 38.5 Å². The lowest BCUT2D eigenvalue weighted by molar-refractivity contribution is 0.708. The first-order valence-electron chi connectivity index (χ1n) is 7.01. The molecular weight excluding hydrogens is 336 g/mol. The SMILES string of the molecule is Clc1nc(Cc2ccccc2Br)nc2c1CCCCC2. The predicted molar refractivity (Wildman–Crippen MR) is 85.2 cm³/mol. The molecule has 0 bridgehead atoms. The minimum absolute atomic E-state index is 0.652. The van der Waals surface area contributed by atoms with Crippen LogP contribution in [-0.4, -0.2) is 9.97 Å². The Bertz CT molecular complexity index is 628. The van der Waals surface area contributed by atoms with E-state index in [1.807, 2.05) is 18.2 Å². The van der Waals surface area contributed by atoms with Gasteiger partial charge in [-0.25, -0.2) is 9.97 Å². The zero-order valence-corrected chi connectivity index (χ0v) is 13.5. The fourth-order valence-electron chi connectivity index (χ4n) is 2.66. The van der Waals surface area contributed by atoms with Crippen LogP contribution in [0.2, 0.25) is 5.15 Å². The highest BCUT2D eigenvalue weighted by Gasteiger charge is 2.16. The van der Waals surface area contributed by atoms with Crippen molar-refractivity contribution in [1.29, 1.82) is 0 Å². The summed E-state index contributed by atoms with van der Waals surface area (Å²) in [5.74, 6) is 0.822. The Balaban J connectivity index is 1.93. The van der Waals surface area contributed by atoms with Crippen molar-refractivity contribution >= 4 is 27.5 Å². The Labute approximate surface area is 132 Å². The number of aromatic nitrogens is 2. The molecule has 1 aliphatic carbocycles. The van der Waals surface area contributed by atoms with E-state index in [4.69, 9.17) is 16.6 Å². The van der Waals surface area contributed by atoms with Gasteiger partial charge in [-0.2, -0.15) is 0 Å². The van der Waals surface area contributed by atoms with Gasteiger partial charge in [0.15, 0.2) is 0 Å². The maximum absolute atomic E-state index is 6.36. The quantitative estimate of drug-likeness (QED) is 0.576. The molecule has 3 rings (SSSR count). The molecule has 0 aliphatic heterocycles. The minimum atomic E-state index is 0.652. The Morgan fingerprint density at radius 1 is 1.05 bits per heavy atom. The van der Waals surface area contributed by atoms with Gasteiger partial charge in [-0.1, -0.05) is 52.2 Å². The zero-order chi connectivity index (χ0) is 13.9. The minimum Gasteiger partial charge on any atom is -0.237 e. The highest BCUT2D eigenvalue weighted by Crippen LogP contribution is 2.26. The number of hydrogen-bond acceptors (Lipinski definition) is 2. The molecule has 1 heterocycles. The molecule has 0 saturated heterocycles. The largest absolute Gasteiger partial charge is 0.237 e. The second-order valence-corrected chi connectivity index (χ2v) is 6.40. The average Bonchev–Trinajstić information content (AvgIpc) is 2.67. The standard InChI is InChI=1S/C16H16BrClN2/c17-13-8-5-4-6-11(13)10-15-19-14-9-3-1-2-7-12(14)16(18)20-15/h4-6,8H,1-3,7,9-10H2. The molecule has 0 radical (unpaired) electrons. The highest BCUT2D eigenvalue weighted by molar-refractivity contribution is 9.10. The van der Waals surface area contributed by atoms with Crippen LogP contribution in [0.5, 0.6) is 0 Å². The van der Waals surface area contributed by atoms with Gasteiger partial charge in [0.05, 0.1) is 0 Å². The lowest BCUT2D eigenvalue weighted by Gasteiger charge is -2.10. The van der Waals surface area contributed by atoms with Gasteiger partial charge in [-0.15, -0.1) is 0 Å². The number of nitrogens with zero attached hydrogens (tertiary/aromatic N) is 2. The van der Waals surface area contributed by atoms with Crippen LogP contribution in [0, 0.1) is 0 Å². The highest BCUT2D eigenvalue weighted by atomic mass is 79.9. The molecule has 0 unspecified atom stereocenters. The summed E-state index contributed by atoms with van der Waals surface area (Å²) in [5, 5.41) is 0.652. The Morgan fingerprint density at radius 3 is 2.70 bits per heavy atom. The van der Waals surface area contributed by atoms with Gasteiger partial charge < -0.3 is 0 Å². The zero-order valence-electron chi connectivity index (χ0n) is 11.2. The van der Waals surface area contributed by atoms with Crippen LogP contribution in [-0.2, 0) is 19.3 Å². The molecular formula is C16H16BrClN2. The van der Waals surface area contributed by atoms with Crippen molar-refractivity contribution in [1.82, 2.24) is 9.97 Å². The molecule has 0 amide bonds. The van der Waals surface area contributed by atoms with Crippen molar-refractivity contribution in [3.05, 3.63) is 56.5 Å². The third-order valence-electron chi connectivity index (χ3n) is 3.74. The molecule has 1 aromatic carbocycles. The van der Waals surface area contributed by atoms with E-state index >= 15 is 0 Å². The number of aryl methyl sites for hydroxylation is 1. The van der Waals surface area contributed by atoms with E-state index in [0.717, 1.165) is 28.8 Å². The molecule has 1 aliphatic rings. The Hall–Kier alpha value is -0.930. The van der Waals surface area contributed by atoms with Crippen molar-refractivity contribution in [3.8, 4) is 0 Å².